The zero-order valence-electron chi connectivity index (χ0n) is 16.6. The first-order valence-electron chi connectivity index (χ1n) is 9.34. The van der Waals surface area contributed by atoms with Gasteiger partial charge in [0.2, 0.25) is 10.0 Å². The molecule has 160 valence electrons. The molecule has 0 unspecified atom stereocenters. The molecule has 30 heavy (non-hydrogen) atoms. The molecule has 1 heterocycles. The fourth-order valence-corrected chi connectivity index (χ4v) is 4.70. The molecule has 1 amide bonds. The van der Waals surface area contributed by atoms with Crippen molar-refractivity contribution in [2.24, 2.45) is 0 Å². The fraction of sp³-hybridized carbons (Fsp3) is 0.350. The molecule has 1 aliphatic rings. The lowest BCUT2D eigenvalue weighted by molar-refractivity contribution is -0.384. The molecule has 2 atom stereocenters. The smallest absolute Gasteiger partial charge is 0.269 e. The van der Waals surface area contributed by atoms with Crippen LogP contribution in [0.3, 0.4) is 0 Å². The van der Waals surface area contributed by atoms with E-state index in [1.165, 1.54) is 19.2 Å². The minimum absolute atomic E-state index is 0.0941. The summed E-state index contributed by atoms with van der Waals surface area (Å²) < 4.78 is 34.3. The summed E-state index contributed by atoms with van der Waals surface area (Å²) in [6.07, 6.45) is 0.852. The van der Waals surface area contributed by atoms with Crippen molar-refractivity contribution >= 4 is 21.6 Å². The Labute approximate surface area is 174 Å². The van der Waals surface area contributed by atoms with E-state index in [2.05, 4.69) is 10.0 Å². The van der Waals surface area contributed by atoms with Gasteiger partial charge >= 0.3 is 0 Å². The van der Waals surface area contributed by atoms with Crippen molar-refractivity contribution < 1.29 is 22.9 Å². The van der Waals surface area contributed by atoms with Gasteiger partial charge in [-0.15, -0.1) is 0 Å². The Balaban J connectivity index is 1.88. The number of likely N-dealkylation sites (N-methyl/N-ethyl adjacent to an activating group) is 1. The summed E-state index contributed by atoms with van der Waals surface area (Å²) in [5.74, 6) is -0.279. The van der Waals surface area contributed by atoms with Gasteiger partial charge in [0.05, 0.1) is 9.82 Å². The van der Waals surface area contributed by atoms with Crippen LogP contribution < -0.4 is 10.0 Å². The minimum Gasteiger partial charge on any atom is -0.357 e. The average molecular weight is 433 g/mol. The van der Waals surface area contributed by atoms with Crippen LogP contribution in [-0.2, 0) is 25.2 Å². The Morgan fingerprint density at radius 2 is 1.77 bits per heavy atom. The Morgan fingerprint density at radius 3 is 2.33 bits per heavy atom. The summed E-state index contributed by atoms with van der Waals surface area (Å²) in [5.41, 5.74) is -1.57. The van der Waals surface area contributed by atoms with Crippen LogP contribution in [0, 0.1) is 10.1 Å². The number of hydrogen-bond donors (Lipinski definition) is 2. The lowest BCUT2D eigenvalue weighted by atomic mass is 9.90. The maximum absolute atomic E-state index is 12.8. The van der Waals surface area contributed by atoms with Gasteiger partial charge in [0.15, 0.2) is 0 Å². The number of hydrogen-bond acceptors (Lipinski definition) is 6. The van der Waals surface area contributed by atoms with E-state index in [1.807, 2.05) is 30.3 Å². The summed E-state index contributed by atoms with van der Waals surface area (Å²) in [5, 5.41) is 13.4. The highest BCUT2D eigenvalue weighted by atomic mass is 32.2. The summed E-state index contributed by atoms with van der Waals surface area (Å²) in [6, 6.07) is 13.8. The molecule has 2 aromatic rings. The van der Waals surface area contributed by atoms with Gasteiger partial charge in [0, 0.05) is 25.7 Å². The molecule has 3 rings (SSSR count). The molecule has 9 nitrogen and oxygen atoms in total. The van der Waals surface area contributed by atoms with E-state index in [4.69, 9.17) is 4.74 Å². The van der Waals surface area contributed by atoms with Crippen molar-refractivity contribution in [3.8, 4) is 0 Å². The van der Waals surface area contributed by atoms with Crippen LogP contribution in [-0.4, -0.2) is 38.4 Å². The van der Waals surface area contributed by atoms with Gasteiger partial charge in [-0.3, -0.25) is 14.9 Å². The number of non-ortho nitro benzene ring substituents is 1. The molecule has 2 aromatic carbocycles. The molecule has 1 fully saturated rings. The van der Waals surface area contributed by atoms with Gasteiger partial charge in [0.1, 0.15) is 11.2 Å². The van der Waals surface area contributed by atoms with E-state index in [-0.39, 0.29) is 23.0 Å². The Bertz CT molecular complexity index is 1040. The normalized spacial score (nSPS) is 23.8. The van der Waals surface area contributed by atoms with Crippen LogP contribution in [0.25, 0.3) is 0 Å². The molecular weight excluding hydrogens is 410 g/mol. The topological polar surface area (TPSA) is 128 Å². The van der Waals surface area contributed by atoms with E-state index < -0.39 is 26.1 Å². The SMILES string of the molecule is CNC(=O)[C@@]1(C)CC[C@](CNS(=O)(=O)c2ccc([N+](=O)[O-])cc2)(c2ccccc2)O1. The molecule has 10 heteroatoms. The van der Waals surface area contributed by atoms with Gasteiger partial charge in [-0.05, 0) is 37.5 Å². The number of nitrogens with zero attached hydrogens (tertiary/aromatic N) is 1. The van der Waals surface area contributed by atoms with Crippen molar-refractivity contribution in [2.45, 2.75) is 35.9 Å². The van der Waals surface area contributed by atoms with Crippen LogP contribution >= 0.6 is 0 Å². The molecule has 0 spiro atoms. The molecule has 2 N–H and O–H groups in total. The third-order valence-electron chi connectivity index (χ3n) is 5.34. The number of carbonyl (C=O) groups excluding carboxylic acids is 1. The molecular formula is C20H23N3O6S. The second-order valence-corrected chi connectivity index (χ2v) is 9.11. The number of rotatable bonds is 7. The first kappa shape index (κ1) is 21.9. The molecule has 0 radical (unpaired) electrons. The van der Waals surface area contributed by atoms with Crippen LogP contribution in [0.5, 0.6) is 0 Å². The molecule has 0 saturated carbocycles. The standard InChI is InChI=1S/C20H23N3O6S/c1-19(18(24)21-2)12-13-20(29-19,15-6-4-3-5-7-15)14-22-30(27,28)17-10-8-16(9-11-17)23(25)26/h3-11,22H,12-14H2,1-2H3,(H,21,24)/t19-,20+/m1/s1. The molecule has 0 aromatic heterocycles. The largest absolute Gasteiger partial charge is 0.357 e. The predicted molar refractivity (Wildman–Crippen MR) is 109 cm³/mol. The zero-order chi connectivity index (χ0) is 22.0. The van der Waals surface area contributed by atoms with Gasteiger partial charge in [-0.25, -0.2) is 13.1 Å². The number of nitro benzene ring substituents is 1. The predicted octanol–water partition coefficient (Wildman–Crippen LogP) is 2.08. The molecule has 1 saturated heterocycles. The summed E-state index contributed by atoms with van der Waals surface area (Å²) in [4.78, 5) is 22.4. The number of benzene rings is 2. The molecule has 0 bridgehead atoms. The van der Waals surface area contributed by atoms with Crippen LogP contribution in [0.15, 0.2) is 59.5 Å². The second-order valence-electron chi connectivity index (χ2n) is 7.35. The van der Waals surface area contributed by atoms with Gasteiger partial charge < -0.3 is 10.1 Å². The Hall–Kier alpha value is -2.82. The van der Waals surface area contributed by atoms with Gasteiger partial charge in [0.25, 0.3) is 11.6 Å². The Kier molecular flexibility index (Phi) is 5.93. The third kappa shape index (κ3) is 4.20. The average Bonchev–Trinajstić information content (AvgIpc) is 3.12. The summed E-state index contributed by atoms with van der Waals surface area (Å²) in [6.45, 7) is 1.59. The van der Waals surface area contributed by atoms with E-state index in [1.54, 1.807) is 6.92 Å². The number of ether oxygens (including phenoxy) is 1. The van der Waals surface area contributed by atoms with Crippen LogP contribution in [0.4, 0.5) is 5.69 Å². The number of amides is 1. The summed E-state index contributed by atoms with van der Waals surface area (Å²) in [7, 11) is -2.43. The van der Waals surface area contributed by atoms with Crippen molar-refractivity contribution in [3.05, 3.63) is 70.3 Å². The zero-order valence-corrected chi connectivity index (χ0v) is 17.4. The van der Waals surface area contributed by atoms with Crippen molar-refractivity contribution in [2.75, 3.05) is 13.6 Å². The van der Waals surface area contributed by atoms with E-state index in [0.717, 1.165) is 17.7 Å². The quantitative estimate of drug-likeness (QED) is 0.508. The monoisotopic (exact) mass is 433 g/mol. The first-order chi connectivity index (χ1) is 14.1. The molecule has 0 aliphatic carbocycles. The maximum atomic E-state index is 12.8. The number of sulfonamides is 1. The fourth-order valence-electron chi connectivity index (χ4n) is 3.61. The van der Waals surface area contributed by atoms with Crippen LogP contribution in [0.2, 0.25) is 0 Å². The first-order valence-corrected chi connectivity index (χ1v) is 10.8. The van der Waals surface area contributed by atoms with Crippen molar-refractivity contribution in [3.63, 3.8) is 0 Å². The summed E-state index contributed by atoms with van der Waals surface area (Å²) >= 11 is 0. The van der Waals surface area contributed by atoms with Crippen molar-refractivity contribution in [1.82, 2.24) is 10.0 Å². The second kappa shape index (κ2) is 8.13. The van der Waals surface area contributed by atoms with E-state index in [0.29, 0.717) is 12.8 Å². The lowest BCUT2D eigenvalue weighted by Gasteiger charge is -2.33. The van der Waals surface area contributed by atoms with Crippen molar-refractivity contribution in [1.29, 1.82) is 0 Å². The number of carbonyl (C=O) groups is 1. The maximum Gasteiger partial charge on any atom is 0.269 e. The highest BCUT2D eigenvalue weighted by Gasteiger charge is 2.51. The molecule has 1 aliphatic heterocycles. The van der Waals surface area contributed by atoms with Gasteiger partial charge in [-0.1, -0.05) is 30.3 Å². The Morgan fingerprint density at radius 1 is 1.13 bits per heavy atom. The number of nitrogens with one attached hydrogen (secondary N) is 2. The highest BCUT2D eigenvalue weighted by Crippen LogP contribution is 2.44. The van der Waals surface area contributed by atoms with E-state index >= 15 is 0 Å². The minimum atomic E-state index is -3.95. The van der Waals surface area contributed by atoms with E-state index in [9.17, 15) is 23.3 Å². The third-order valence-corrected chi connectivity index (χ3v) is 6.76. The van der Waals surface area contributed by atoms with Gasteiger partial charge in [-0.2, -0.15) is 0 Å². The highest BCUT2D eigenvalue weighted by molar-refractivity contribution is 7.89. The van der Waals surface area contributed by atoms with Crippen LogP contribution in [0.1, 0.15) is 25.3 Å². The number of nitro groups is 1. The lowest BCUT2D eigenvalue weighted by Crippen LogP contribution is -2.47.